The zero-order valence-electron chi connectivity index (χ0n) is 14.5. The Kier molecular flexibility index (Phi) is 4.33. The van der Waals surface area contributed by atoms with Gasteiger partial charge in [-0.1, -0.05) is 23.8 Å². The van der Waals surface area contributed by atoms with E-state index < -0.39 is 0 Å². The van der Waals surface area contributed by atoms with Gasteiger partial charge >= 0.3 is 0 Å². The van der Waals surface area contributed by atoms with Crippen LogP contribution in [-0.2, 0) is 6.54 Å². The summed E-state index contributed by atoms with van der Waals surface area (Å²) in [6.45, 7) is 7.85. The fourth-order valence-corrected chi connectivity index (χ4v) is 4.17. The second kappa shape index (κ2) is 6.61. The summed E-state index contributed by atoms with van der Waals surface area (Å²) in [5, 5.41) is 3.58. The molecule has 0 unspecified atom stereocenters. The third-order valence-corrected chi connectivity index (χ3v) is 5.47. The van der Waals surface area contributed by atoms with E-state index >= 15 is 0 Å². The van der Waals surface area contributed by atoms with Crippen LogP contribution in [0.3, 0.4) is 0 Å². The van der Waals surface area contributed by atoms with Crippen LogP contribution in [0.4, 0.5) is 0 Å². The highest BCUT2D eigenvalue weighted by Crippen LogP contribution is 2.36. The number of nitrogens with zero attached hydrogens (tertiary/aromatic N) is 3. The molecule has 1 atom stereocenters. The van der Waals surface area contributed by atoms with E-state index in [9.17, 15) is 0 Å². The highest BCUT2D eigenvalue weighted by molar-refractivity contribution is 5.55. The predicted octanol–water partition coefficient (Wildman–Crippen LogP) is 3.03. The number of benzene rings is 1. The molecule has 2 aliphatic heterocycles. The van der Waals surface area contributed by atoms with Crippen molar-refractivity contribution in [3.63, 3.8) is 0 Å². The third kappa shape index (κ3) is 3.35. The van der Waals surface area contributed by atoms with Gasteiger partial charge in [0.1, 0.15) is 0 Å². The van der Waals surface area contributed by atoms with E-state index in [1.54, 1.807) is 0 Å². The molecule has 1 aromatic carbocycles. The molecule has 0 radical (unpaired) electrons. The number of likely N-dealkylation sites (tertiary alicyclic amines) is 1. The van der Waals surface area contributed by atoms with E-state index in [1.165, 1.54) is 56.6 Å². The van der Waals surface area contributed by atoms with E-state index in [-0.39, 0.29) is 0 Å². The van der Waals surface area contributed by atoms with E-state index in [1.807, 2.05) is 12.4 Å². The van der Waals surface area contributed by atoms with Gasteiger partial charge in [-0.2, -0.15) is 0 Å². The maximum atomic E-state index is 4.59. The minimum Gasteiger partial charge on any atom is -0.316 e. The molecule has 24 heavy (non-hydrogen) atoms. The van der Waals surface area contributed by atoms with E-state index in [0.29, 0.717) is 5.41 Å². The van der Waals surface area contributed by atoms with Gasteiger partial charge in [0.05, 0.1) is 0 Å². The summed E-state index contributed by atoms with van der Waals surface area (Å²) < 4.78 is 0. The van der Waals surface area contributed by atoms with Crippen molar-refractivity contribution in [2.75, 3.05) is 26.2 Å². The van der Waals surface area contributed by atoms with Gasteiger partial charge < -0.3 is 5.32 Å². The summed E-state index contributed by atoms with van der Waals surface area (Å²) in [6, 6.07) is 8.36. The van der Waals surface area contributed by atoms with Gasteiger partial charge in [0.2, 0.25) is 0 Å². The van der Waals surface area contributed by atoms with Crippen LogP contribution in [0.1, 0.15) is 30.4 Å². The topological polar surface area (TPSA) is 41.1 Å². The molecule has 2 saturated heterocycles. The molecule has 4 rings (SSSR count). The molecule has 0 amide bonds. The zero-order chi connectivity index (χ0) is 16.4. The van der Waals surface area contributed by atoms with Crippen molar-refractivity contribution < 1.29 is 0 Å². The number of aryl methyl sites for hydroxylation is 1. The lowest BCUT2D eigenvalue weighted by atomic mass is 9.80. The molecule has 0 aliphatic carbocycles. The molecule has 1 spiro atoms. The first-order chi connectivity index (χ1) is 11.7. The molecular formula is C20H26N4. The molecule has 2 aromatic rings. The highest BCUT2D eigenvalue weighted by atomic mass is 15.2. The molecule has 0 saturated carbocycles. The lowest BCUT2D eigenvalue weighted by molar-refractivity contribution is 0.199. The second-order valence-corrected chi connectivity index (χ2v) is 7.53. The van der Waals surface area contributed by atoms with Crippen molar-refractivity contribution in [3.8, 4) is 11.4 Å². The number of rotatable bonds is 3. The Morgan fingerprint density at radius 3 is 2.83 bits per heavy atom. The van der Waals surface area contributed by atoms with E-state index in [0.717, 1.165) is 17.9 Å². The lowest BCUT2D eigenvalue weighted by Gasteiger charge is -2.34. The average molecular weight is 322 g/mol. The number of hydrogen-bond acceptors (Lipinski definition) is 4. The Labute approximate surface area is 144 Å². The van der Waals surface area contributed by atoms with Crippen LogP contribution in [0.5, 0.6) is 0 Å². The number of aromatic nitrogens is 2. The second-order valence-electron chi connectivity index (χ2n) is 7.53. The van der Waals surface area contributed by atoms with Crippen LogP contribution in [0, 0.1) is 12.3 Å². The Morgan fingerprint density at radius 1 is 1.21 bits per heavy atom. The maximum Gasteiger partial charge on any atom is 0.159 e. The summed E-state index contributed by atoms with van der Waals surface area (Å²) in [5.74, 6) is 0.817. The predicted molar refractivity (Wildman–Crippen MR) is 96.6 cm³/mol. The third-order valence-electron chi connectivity index (χ3n) is 5.47. The van der Waals surface area contributed by atoms with Crippen LogP contribution in [0.15, 0.2) is 36.7 Å². The van der Waals surface area contributed by atoms with Gasteiger partial charge in [-0.15, -0.1) is 0 Å². The summed E-state index contributed by atoms with van der Waals surface area (Å²) >= 11 is 0. The first-order valence-electron chi connectivity index (χ1n) is 9.04. The molecule has 2 aliphatic rings. The average Bonchev–Trinajstić information content (AvgIpc) is 2.98. The molecule has 0 bridgehead atoms. The first kappa shape index (κ1) is 15.7. The van der Waals surface area contributed by atoms with Crippen LogP contribution < -0.4 is 5.32 Å². The fourth-order valence-electron chi connectivity index (χ4n) is 4.17. The summed E-state index contributed by atoms with van der Waals surface area (Å²) in [5.41, 5.74) is 4.06. The van der Waals surface area contributed by atoms with Crippen molar-refractivity contribution in [1.29, 1.82) is 0 Å². The van der Waals surface area contributed by atoms with Gasteiger partial charge in [0.25, 0.3) is 0 Å². The van der Waals surface area contributed by atoms with Crippen LogP contribution in [0.2, 0.25) is 0 Å². The summed E-state index contributed by atoms with van der Waals surface area (Å²) in [6.07, 6.45) is 8.01. The molecule has 4 heteroatoms. The van der Waals surface area contributed by atoms with Gasteiger partial charge in [-0.25, -0.2) is 9.97 Å². The van der Waals surface area contributed by atoms with Gasteiger partial charge in [0.15, 0.2) is 5.82 Å². The van der Waals surface area contributed by atoms with Crippen molar-refractivity contribution >= 4 is 0 Å². The maximum absolute atomic E-state index is 4.59. The zero-order valence-corrected chi connectivity index (χ0v) is 14.5. The molecule has 3 heterocycles. The minimum absolute atomic E-state index is 0.514. The normalized spacial score (nSPS) is 24.5. The van der Waals surface area contributed by atoms with E-state index in [2.05, 4.69) is 51.4 Å². The number of piperidine rings is 1. The van der Waals surface area contributed by atoms with Crippen LogP contribution in [0.25, 0.3) is 11.4 Å². The van der Waals surface area contributed by atoms with Gasteiger partial charge in [0, 0.05) is 43.2 Å². The SMILES string of the molecule is Cc1cccc(-c2ncc(CN3CC[C@]4(CCCNC4)C3)cn2)c1. The fraction of sp³-hybridized carbons (Fsp3) is 0.500. The van der Waals surface area contributed by atoms with Crippen molar-refractivity contribution in [2.24, 2.45) is 5.41 Å². The minimum atomic E-state index is 0.514. The first-order valence-corrected chi connectivity index (χ1v) is 9.04. The Morgan fingerprint density at radius 2 is 2.08 bits per heavy atom. The highest BCUT2D eigenvalue weighted by Gasteiger charge is 2.38. The Balaban J connectivity index is 1.41. The number of hydrogen-bond donors (Lipinski definition) is 1. The molecule has 2 fully saturated rings. The monoisotopic (exact) mass is 322 g/mol. The molecular weight excluding hydrogens is 296 g/mol. The van der Waals surface area contributed by atoms with Crippen LogP contribution >= 0.6 is 0 Å². The standard InChI is InChI=1S/C20H26N4/c1-16-4-2-5-18(10-16)19-22-11-17(12-23-19)13-24-9-7-20(15-24)6-3-8-21-14-20/h2,4-5,10-12,21H,3,6-9,13-15H2,1H3/t20-/m0/s1. The molecule has 1 aromatic heterocycles. The number of nitrogens with one attached hydrogen (secondary N) is 1. The van der Waals surface area contributed by atoms with Gasteiger partial charge in [-0.05, 0) is 50.8 Å². The Bertz CT molecular complexity index is 689. The molecule has 126 valence electrons. The molecule has 4 nitrogen and oxygen atoms in total. The van der Waals surface area contributed by atoms with Crippen molar-refractivity contribution in [1.82, 2.24) is 20.2 Å². The van der Waals surface area contributed by atoms with Gasteiger partial charge in [-0.3, -0.25) is 4.90 Å². The summed E-state index contributed by atoms with van der Waals surface area (Å²) in [4.78, 5) is 11.7. The summed E-state index contributed by atoms with van der Waals surface area (Å²) in [7, 11) is 0. The van der Waals surface area contributed by atoms with Crippen LogP contribution in [-0.4, -0.2) is 41.0 Å². The molecule has 1 N–H and O–H groups in total. The van der Waals surface area contributed by atoms with E-state index in [4.69, 9.17) is 0 Å². The Hall–Kier alpha value is -1.78. The quantitative estimate of drug-likeness (QED) is 0.943. The largest absolute Gasteiger partial charge is 0.316 e. The van der Waals surface area contributed by atoms with Crippen molar-refractivity contribution in [3.05, 3.63) is 47.8 Å². The smallest absolute Gasteiger partial charge is 0.159 e. The van der Waals surface area contributed by atoms with Crippen molar-refractivity contribution in [2.45, 2.75) is 32.7 Å². The lowest BCUT2D eigenvalue weighted by Crippen LogP contribution is -2.41.